The van der Waals surface area contributed by atoms with Gasteiger partial charge in [-0.2, -0.15) is 5.26 Å². The fourth-order valence-electron chi connectivity index (χ4n) is 2.92. The van der Waals surface area contributed by atoms with Crippen LogP contribution in [0.4, 0.5) is 5.69 Å². The summed E-state index contributed by atoms with van der Waals surface area (Å²) in [5.41, 5.74) is 0.892. The van der Waals surface area contributed by atoms with Gasteiger partial charge in [0, 0.05) is 12.1 Å². The van der Waals surface area contributed by atoms with Gasteiger partial charge in [0.25, 0.3) is 11.8 Å². The Morgan fingerprint density at radius 2 is 1.52 bits per heavy atom. The number of hydrogen-bond donors (Lipinski definition) is 2. The molecule has 1 aliphatic heterocycles. The van der Waals surface area contributed by atoms with E-state index in [1.807, 2.05) is 0 Å². The minimum atomic E-state index is -1.41. The highest BCUT2D eigenvalue weighted by atomic mass is 17.1. The number of amides is 3. The number of imide groups is 1. The largest absolute Gasteiger partial charge is 0.364 e. The van der Waals surface area contributed by atoms with Gasteiger partial charge in [-0.25, -0.2) is 4.79 Å². The standard InChI is InChI=1S/C19H16N2O6/c22-16(20-12-6-2-1-3-7-12)11-10-15(19(25)27-26)21-17(23)13-8-4-5-9-14(13)18(21)24/h1-9,15,26H,10-11H2,(H,20,22). The zero-order chi connectivity index (χ0) is 19.4. The van der Waals surface area contributed by atoms with Crippen LogP contribution in [0.2, 0.25) is 0 Å². The van der Waals surface area contributed by atoms with Gasteiger partial charge in [0.15, 0.2) is 0 Å². The first-order chi connectivity index (χ1) is 13.0. The average molecular weight is 368 g/mol. The van der Waals surface area contributed by atoms with Crippen molar-refractivity contribution in [3.63, 3.8) is 0 Å². The number of benzene rings is 2. The molecular formula is C19H16N2O6. The SMILES string of the molecule is O=C(CCC(C(=O)OO)N1C(=O)c2ccccc2C1=O)Nc1ccccc1. The quantitative estimate of drug-likeness (QED) is 0.459. The molecule has 2 aromatic rings. The summed E-state index contributed by atoms with van der Waals surface area (Å²) in [6, 6.07) is 13.4. The lowest BCUT2D eigenvalue weighted by molar-refractivity contribution is -0.238. The molecule has 0 fully saturated rings. The van der Waals surface area contributed by atoms with Crippen molar-refractivity contribution in [3.8, 4) is 0 Å². The van der Waals surface area contributed by atoms with Crippen molar-refractivity contribution in [1.82, 2.24) is 4.90 Å². The highest BCUT2D eigenvalue weighted by Crippen LogP contribution is 2.26. The van der Waals surface area contributed by atoms with Crippen molar-refractivity contribution in [3.05, 3.63) is 65.7 Å². The maximum atomic E-state index is 12.5. The first kappa shape index (κ1) is 18.3. The van der Waals surface area contributed by atoms with Crippen molar-refractivity contribution < 1.29 is 29.3 Å². The third-order valence-corrected chi connectivity index (χ3v) is 4.20. The number of para-hydroxylation sites is 1. The fraction of sp³-hybridized carbons (Fsp3) is 0.158. The van der Waals surface area contributed by atoms with Crippen molar-refractivity contribution in [2.24, 2.45) is 0 Å². The summed E-state index contributed by atoms with van der Waals surface area (Å²) in [6.45, 7) is 0. The molecule has 0 spiro atoms. The summed E-state index contributed by atoms with van der Waals surface area (Å²) in [6.07, 6.45) is -0.356. The highest BCUT2D eigenvalue weighted by molar-refractivity contribution is 6.22. The Hall–Kier alpha value is -3.52. The van der Waals surface area contributed by atoms with Crippen molar-refractivity contribution in [1.29, 1.82) is 0 Å². The first-order valence-electron chi connectivity index (χ1n) is 8.20. The van der Waals surface area contributed by atoms with E-state index in [0.717, 1.165) is 4.90 Å². The van der Waals surface area contributed by atoms with Gasteiger partial charge in [0.1, 0.15) is 6.04 Å². The molecule has 1 atom stereocenters. The molecule has 1 aliphatic rings. The van der Waals surface area contributed by atoms with Crippen LogP contribution < -0.4 is 5.32 Å². The number of nitrogens with zero attached hydrogens (tertiary/aromatic N) is 1. The van der Waals surface area contributed by atoms with Crippen LogP contribution >= 0.6 is 0 Å². The molecule has 27 heavy (non-hydrogen) atoms. The lowest BCUT2D eigenvalue weighted by atomic mass is 10.1. The van der Waals surface area contributed by atoms with Gasteiger partial charge in [0.05, 0.1) is 11.1 Å². The Balaban J connectivity index is 1.74. The van der Waals surface area contributed by atoms with E-state index in [9.17, 15) is 19.2 Å². The molecule has 2 N–H and O–H groups in total. The van der Waals surface area contributed by atoms with E-state index in [2.05, 4.69) is 10.2 Å². The van der Waals surface area contributed by atoms with Crippen molar-refractivity contribution in [2.75, 3.05) is 5.32 Å². The zero-order valence-electron chi connectivity index (χ0n) is 14.1. The highest BCUT2D eigenvalue weighted by Gasteiger charge is 2.43. The molecule has 138 valence electrons. The molecular weight excluding hydrogens is 352 g/mol. The molecule has 8 nitrogen and oxygen atoms in total. The van der Waals surface area contributed by atoms with Crippen LogP contribution in [0.3, 0.4) is 0 Å². The third kappa shape index (κ3) is 3.70. The Labute approximate surface area is 154 Å². The third-order valence-electron chi connectivity index (χ3n) is 4.20. The molecule has 3 rings (SSSR count). The van der Waals surface area contributed by atoms with E-state index < -0.39 is 29.7 Å². The molecule has 0 bridgehead atoms. The lowest BCUT2D eigenvalue weighted by Gasteiger charge is -2.22. The first-order valence-corrected chi connectivity index (χ1v) is 8.20. The van der Waals surface area contributed by atoms with Gasteiger partial charge in [0.2, 0.25) is 5.91 Å². The summed E-state index contributed by atoms with van der Waals surface area (Å²) >= 11 is 0. The van der Waals surface area contributed by atoms with Crippen molar-refractivity contribution >= 4 is 29.4 Å². The van der Waals surface area contributed by atoms with E-state index in [0.29, 0.717) is 5.69 Å². The summed E-state index contributed by atoms with van der Waals surface area (Å²) in [5, 5.41) is 11.4. The molecule has 8 heteroatoms. The van der Waals surface area contributed by atoms with E-state index in [1.165, 1.54) is 12.1 Å². The van der Waals surface area contributed by atoms with E-state index in [4.69, 9.17) is 5.26 Å². The molecule has 0 radical (unpaired) electrons. The molecule has 3 amide bonds. The van der Waals surface area contributed by atoms with Crippen LogP contribution in [0.5, 0.6) is 0 Å². The Kier molecular flexibility index (Phi) is 5.28. The molecule has 2 aromatic carbocycles. The van der Waals surface area contributed by atoms with Gasteiger partial charge < -0.3 is 5.32 Å². The second-order valence-electron chi connectivity index (χ2n) is 5.90. The minimum Gasteiger partial charge on any atom is -0.326 e. The van der Waals surface area contributed by atoms with Crippen LogP contribution in [0.25, 0.3) is 0 Å². The van der Waals surface area contributed by atoms with Crippen LogP contribution in [0, 0.1) is 0 Å². The van der Waals surface area contributed by atoms with Crippen molar-refractivity contribution in [2.45, 2.75) is 18.9 Å². The maximum absolute atomic E-state index is 12.5. The second-order valence-corrected chi connectivity index (χ2v) is 5.90. The van der Waals surface area contributed by atoms with Gasteiger partial charge in [-0.1, -0.05) is 30.3 Å². The summed E-state index contributed by atoms with van der Waals surface area (Å²) in [5.74, 6) is -2.94. The molecule has 1 heterocycles. The summed E-state index contributed by atoms with van der Waals surface area (Å²) < 4.78 is 0. The van der Waals surface area contributed by atoms with Crippen LogP contribution in [-0.4, -0.2) is 39.9 Å². The van der Waals surface area contributed by atoms with E-state index >= 15 is 0 Å². The monoisotopic (exact) mass is 368 g/mol. The number of carbonyl (C=O) groups excluding carboxylic acids is 4. The number of carbonyl (C=O) groups is 4. The van der Waals surface area contributed by atoms with Crippen LogP contribution in [0.15, 0.2) is 54.6 Å². The van der Waals surface area contributed by atoms with Gasteiger partial charge in [-0.05, 0) is 30.7 Å². The molecule has 0 saturated heterocycles. The normalized spacial score (nSPS) is 13.9. The molecule has 0 aromatic heterocycles. The van der Waals surface area contributed by atoms with E-state index in [1.54, 1.807) is 42.5 Å². The molecule has 0 saturated carbocycles. The Morgan fingerprint density at radius 1 is 0.963 bits per heavy atom. The van der Waals surface area contributed by atoms with Gasteiger partial charge in [-0.3, -0.25) is 24.2 Å². The summed E-state index contributed by atoms with van der Waals surface area (Å²) in [4.78, 5) is 53.6. The number of anilines is 1. The van der Waals surface area contributed by atoms with Gasteiger partial charge >= 0.3 is 5.97 Å². The number of rotatable bonds is 6. The predicted molar refractivity (Wildman–Crippen MR) is 93.8 cm³/mol. The predicted octanol–water partition coefficient (Wildman–Crippen LogP) is 2.09. The van der Waals surface area contributed by atoms with Crippen LogP contribution in [0.1, 0.15) is 33.6 Å². The number of nitrogens with one attached hydrogen (secondary N) is 1. The van der Waals surface area contributed by atoms with Gasteiger partial charge in [-0.15, -0.1) is 0 Å². The average Bonchev–Trinajstić information content (AvgIpc) is 2.94. The summed E-state index contributed by atoms with van der Waals surface area (Å²) in [7, 11) is 0. The number of hydrogen-bond acceptors (Lipinski definition) is 6. The molecule has 1 unspecified atom stereocenters. The van der Waals surface area contributed by atoms with Crippen LogP contribution in [-0.2, 0) is 14.5 Å². The smallest absolute Gasteiger partial charge is 0.326 e. The van der Waals surface area contributed by atoms with E-state index in [-0.39, 0.29) is 24.0 Å². The Bertz CT molecular complexity index is 861. The Morgan fingerprint density at radius 3 is 2.07 bits per heavy atom. The maximum Gasteiger partial charge on any atom is 0.364 e. The minimum absolute atomic E-state index is 0.159. The number of fused-ring (bicyclic) bond motifs is 1. The lowest BCUT2D eigenvalue weighted by Crippen LogP contribution is -2.45. The zero-order valence-corrected chi connectivity index (χ0v) is 14.1. The second kappa shape index (κ2) is 7.79. The topological polar surface area (TPSA) is 113 Å². The fourth-order valence-corrected chi connectivity index (χ4v) is 2.92. The molecule has 0 aliphatic carbocycles.